The van der Waals surface area contributed by atoms with Gasteiger partial charge in [-0.25, -0.2) is 15.0 Å². The summed E-state index contributed by atoms with van der Waals surface area (Å²) in [5, 5.41) is 1.50. The second-order valence-corrected chi connectivity index (χ2v) is 6.29. The van der Waals surface area contributed by atoms with Gasteiger partial charge in [-0.1, -0.05) is 24.3 Å². The van der Waals surface area contributed by atoms with Crippen molar-refractivity contribution < 1.29 is 4.42 Å². The molecule has 5 aromatic rings. The Hall–Kier alpha value is -3.80. The minimum atomic E-state index is -0.0909. The molecule has 0 unspecified atom stereocenters. The SMILES string of the molecule is O=c1c2cccnc2ncn1Cc1ccc(-c2cnc3occc3c2)cc1. The maximum Gasteiger partial charge on any atom is 0.263 e. The van der Waals surface area contributed by atoms with Crippen LogP contribution in [-0.4, -0.2) is 19.5 Å². The first kappa shape index (κ1) is 15.5. The fourth-order valence-electron chi connectivity index (χ4n) is 3.13. The van der Waals surface area contributed by atoms with Crippen molar-refractivity contribution >= 4 is 22.1 Å². The molecule has 0 saturated carbocycles. The van der Waals surface area contributed by atoms with Gasteiger partial charge in [0, 0.05) is 23.3 Å². The standard InChI is InChI=1S/C21H14N4O2/c26-21-18-2-1-8-22-19(18)24-13-25(21)12-14-3-5-15(6-4-14)17-10-16-7-9-27-20(16)23-11-17/h1-11,13H,12H2. The molecule has 0 aliphatic carbocycles. The normalized spacial score (nSPS) is 11.3. The van der Waals surface area contributed by atoms with Crippen molar-refractivity contribution in [2.24, 2.45) is 0 Å². The van der Waals surface area contributed by atoms with Crippen LogP contribution in [0.3, 0.4) is 0 Å². The van der Waals surface area contributed by atoms with Crippen molar-refractivity contribution in [2.75, 3.05) is 0 Å². The molecule has 1 aromatic carbocycles. The van der Waals surface area contributed by atoms with E-state index in [-0.39, 0.29) is 5.56 Å². The molecule has 0 atom stereocenters. The average Bonchev–Trinajstić information content (AvgIpc) is 3.19. The molecular weight excluding hydrogens is 340 g/mol. The molecule has 0 saturated heterocycles. The van der Waals surface area contributed by atoms with Crippen LogP contribution in [0, 0.1) is 0 Å². The fraction of sp³-hybridized carbons (Fsp3) is 0.0476. The van der Waals surface area contributed by atoms with E-state index in [0.717, 1.165) is 22.1 Å². The summed E-state index contributed by atoms with van der Waals surface area (Å²) in [4.78, 5) is 25.3. The van der Waals surface area contributed by atoms with Gasteiger partial charge in [0.2, 0.25) is 5.71 Å². The van der Waals surface area contributed by atoms with Gasteiger partial charge in [0.15, 0.2) is 5.65 Å². The largest absolute Gasteiger partial charge is 0.446 e. The Balaban J connectivity index is 1.45. The maximum absolute atomic E-state index is 12.6. The van der Waals surface area contributed by atoms with E-state index in [1.54, 1.807) is 41.7 Å². The van der Waals surface area contributed by atoms with E-state index in [0.29, 0.717) is 23.3 Å². The van der Waals surface area contributed by atoms with Crippen LogP contribution in [-0.2, 0) is 6.54 Å². The lowest BCUT2D eigenvalue weighted by molar-refractivity contribution is 0.603. The zero-order valence-electron chi connectivity index (χ0n) is 14.2. The van der Waals surface area contributed by atoms with Crippen molar-refractivity contribution in [1.29, 1.82) is 0 Å². The van der Waals surface area contributed by atoms with Crippen molar-refractivity contribution in [3.05, 3.63) is 89.4 Å². The molecule has 0 fully saturated rings. The predicted octanol–water partition coefficient (Wildman–Crippen LogP) is 3.65. The van der Waals surface area contributed by atoms with Crippen LogP contribution in [0.1, 0.15) is 5.56 Å². The molecule has 27 heavy (non-hydrogen) atoms. The Labute approximate surface area is 153 Å². The highest BCUT2D eigenvalue weighted by molar-refractivity contribution is 5.79. The molecule has 0 aliphatic rings. The fourth-order valence-corrected chi connectivity index (χ4v) is 3.13. The molecule has 0 radical (unpaired) electrons. The lowest BCUT2D eigenvalue weighted by atomic mass is 10.0. The number of aromatic nitrogens is 4. The van der Waals surface area contributed by atoms with E-state index >= 15 is 0 Å². The molecule has 0 aliphatic heterocycles. The lowest BCUT2D eigenvalue weighted by Gasteiger charge is -2.08. The van der Waals surface area contributed by atoms with E-state index in [1.165, 1.54) is 0 Å². The highest BCUT2D eigenvalue weighted by Gasteiger charge is 2.06. The highest BCUT2D eigenvalue weighted by Crippen LogP contribution is 2.23. The number of furan rings is 1. The van der Waals surface area contributed by atoms with Crippen LogP contribution >= 0.6 is 0 Å². The van der Waals surface area contributed by atoms with Gasteiger partial charge < -0.3 is 4.42 Å². The molecule has 0 bridgehead atoms. The minimum Gasteiger partial charge on any atom is -0.446 e. The topological polar surface area (TPSA) is 73.8 Å². The van der Waals surface area contributed by atoms with Crippen molar-refractivity contribution in [3.8, 4) is 11.1 Å². The van der Waals surface area contributed by atoms with Crippen LogP contribution in [0.5, 0.6) is 0 Å². The molecule has 5 rings (SSSR count). The summed E-state index contributed by atoms with van der Waals surface area (Å²) in [5.41, 5.74) is 4.10. The molecular formula is C21H14N4O2. The number of hydrogen-bond acceptors (Lipinski definition) is 5. The molecule has 4 aromatic heterocycles. The van der Waals surface area contributed by atoms with E-state index in [4.69, 9.17) is 4.42 Å². The Morgan fingerprint density at radius 1 is 0.963 bits per heavy atom. The Bertz CT molecular complexity index is 1320. The Morgan fingerprint density at radius 3 is 2.74 bits per heavy atom. The summed E-state index contributed by atoms with van der Waals surface area (Å²) in [6.45, 7) is 0.454. The van der Waals surface area contributed by atoms with E-state index in [2.05, 4.69) is 15.0 Å². The zero-order valence-corrected chi connectivity index (χ0v) is 14.2. The van der Waals surface area contributed by atoms with Gasteiger partial charge >= 0.3 is 0 Å². The van der Waals surface area contributed by atoms with Crippen LogP contribution in [0.2, 0.25) is 0 Å². The summed E-state index contributed by atoms with van der Waals surface area (Å²) in [6.07, 6.45) is 6.61. The molecule has 6 nitrogen and oxygen atoms in total. The number of fused-ring (bicyclic) bond motifs is 2. The smallest absolute Gasteiger partial charge is 0.263 e. The molecule has 4 heterocycles. The Kier molecular flexibility index (Phi) is 3.53. The van der Waals surface area contributed by atoms with Crippen LogP contribution in [0.15, 0.2) is 82.7 Å². The van der Waals surface area contributed by atoms with E-state index < -0.39 is 0 Å². The summed E-state index contributed by atoms with van der Waals surface area (Å²) < 4.78 is 6.88. The Morgan fingerprint density at radius 2 is 1.85 bits per heavy atom. The predicted molar refractivity (Wildman–Crippen MR) is 102 cm³/mol. The summed E-state index contributed by atoms with van der Waals surface area (Å²) >= 11 is 0. The molecule has 0 amide bonds. The monoisotopic (exact) mass is 354 g/mol. The van der Waals surface area contributed by atoms with Gasteiger partial charge in [0.05, 0.1) is 18.2 Å². The molecule has 6 heteroatoms. The first-order valence-corrected chi connectivity index (χ1v) is 8.51. The maximum atomic E-state index is 12.6. The van der Waals surface area contributed by atoms with Crippen molar-refractivity contribution in [2.45, 2.75) is 6.54 Å². The second-order valence-electron chi connectivity index (χ2n) is 6.29. The highest BCUT2D eigenvalue weighted by atomic mass is 16.3. The van der Waals surface area contributed by atoms with E-state index in [1.807, 2.05) is 36.4 Å². The van der Waals surface area contributed by atoms with Gasteiger partial charge in [0.25, 0.3) is 5.56 Å². The third kappa shape index (κ3) is 2.77. The number of nitrogens with zero attached hydrogens (tertiary/aromatic N) is 4. The van der Waals surface area contributed by atoms with Gasteiger partial charge in [-0.2, -0.15) is 0 Å². The number of benzene rings is 1. The second kappa shape index (κ2) is 6.17. The van der Waals surface area contributed by atoms with Gasteiger partial charge in [-0.3, -0.25) is 9.36 Å². The quantitative estimate of drug-likeness (QED) is 0.494. The number of hydrogen-bond donors (Lipinski definition) is 0. The van der Waals surface area contributed by atoms with Crippen molar-refractivity contribution in [3.63, 3.8) is 0 Å². The number of pyridine rings is 2. The first-order chi connectivity index (χ1) is 13.3. The van der Waals surface area contributed by atoms with E-state index in [9.17, 15) is 4.79 Å². The zero-order chi connectivity index (χ0) is 18.2. The third-order valence-corrected chi connectivity index (χ3v) is 4.54. The van der Waals surface area contributed by atoms with Gasteiger partial charge in [0.1, 0.15) is 6.33 Å². The minimum absolute atomic E-state index is 0.0909. The van der Waals surface area contributed by atoms with Crippen molar-refractivity contribution in [1.82, 2.24) is 19.5 Å². The first-order valence-electron chi connectivity index (χ1n) is 8.51. The summed E-state index contributed by atoms with van der Waals surface area (Å²) in [5.74, 6) is 0. The molecule has 130 valence electrons. The molecule has 0 spiro atoms. The lowest BCUT2D eigenvalue weighted by Crippen LogP contribution is -2.21. The van der Waals surface area contributed by atoms with Crippen LogP contribution < -0.4 is 5.56 Å². The molecule has 0 N–H and O–H groups in total. The summed E-state index contributed by atoms with van der Waals surface area (Å²) in [7, 11) is 0. The average molecular weight is 354 g/mol. The van der Waals surface area contributed by atoms with Crippen LogP contribution in [0.25, 0.3) is 33.3 Å². The summed E-state index contributed by atoms with van der Waals surface area (Å²) in [6, 6.07) is 15.5. The van der Waals surface area contributed by atoms with Crippen LogP contribution in [0.4, 0.5) is 0 Å². The van der Waals surface area contributed by atoms with Gasteiger partial charge in [-0.15, -0.1) is 0 Å². The van der Waals surface area contributed by atoms with Gasteiger partial charge in [-0.05, 0) is 35.4 Å². The third-order valence-electron chi connectivity index (χ3n) is 4.54. The number of rotatable bonds is 3.